The Morgan fingerprint density at radius 3 is 2.55 bits per heavy atom. The normalized spacial score (nSPS) is 15.5. The summed E-state index contributed by atoms with van der Waals surface area (Å²) in [4.78, 5) is 30.7. The van der Waals surface area contributed by atoms with Crippen LogP contribution < -0.4 is 16.0 Å². The molecule has 2 aromatic carbocycles. The number of benzene rings is 2. The summed E-state index contributed by atoms with van der Waals surface area (Å²) in [5.41, 5.74) is 0.510. The number of hydrogen-bond acceptors (Lipinski definition) is 5. The second-order valence-corrected chi connectivity index (χ2v) is 8.11. The first kappa shape index (κ1) is 22.7. The maximum atomic E-state index is 13.4. The molecule has 1 unspecified atom stereocenters. The van der Waals surface area contributed by atoms with Gasteiger partial charge in [0.05, 0.1) is 5.56 Å². The molecule has 1 atom stereocenters. The van der Waals surface area contributed by atoms with Crippen molar-refractivity contribution in [1.82, 2.24) is 9.13 Å². The van der Waals surface area contributed by atoms with E-state index in [4.69, 9.17) is 14.8 Å². The smallest absolute Gasteiger partial charge is 0.332 e. The molecule has 0 saturated heterocycles. The summed E-state index contributed by atoms with van der Waals surface area (Å²) >= 11 is 0. The maximum Gasteiger partial charge on any atom is 0.332 e. The van der Waals surface area contributed by atoms with E-state index in [1.165, 1.54) is 16.7 Å². The third-order valence-electron chi connectivity index (χ3n) is 5.82. The SMILES string of the molecule is Cn1c2c(c(=O)n(CCCO)c1=O)CCC(Cc1ccc(F)cc1)C(Oc1ccccc1)=N2. The van der Waals surface area contributed by atoms with Gasteiger partial charge in [-0.1, -0.05) is 30.3 Å². The van der Waals surface area contributed by atoms with Gasteiger partial charge in [-0.05, 0) is 55.5 Å². The summed E-state index contributed by atoms with van der Waals surface area (Å²) in [6, 6.07) is 15.5. The molecule has 0 amide bonds. The number of nitrogens with zero attached hydrogens (tertiary/aromatic N) is 3. The molecular weight excluding hydrogens is 425 g/mol. The van der Waals surface area contributed by atoms with E-state index in [1.54, 1.807) is 19.2 Å². The van der Waals surface area contributed by atoms with Crippen LogP contribution >= 0.6 is 0 Å². The molecular formula is C25H26FN3O4. The molecule has 0 bridgehead atoms. The van der Waals surface area contributed by atoms with Crippen LogP contribution in [0.5, 0.6) is 5.75 Å². The fraction of sp³-hybridized carbons (Fsp3) is 0.320. The second kappa shape index (κ2) is 9.95. The average Bonchev–Trinajstić information content (AvgIpc) is 3.00. The highest BCUT2D eigenvalue weighted by atomic mass is 19.1. The van der Waals surface area contributed by atoms with E-state index >= 15 is 0 Å². The minimum absolute atomic E-state index is 0.111. The topological polar surface area (TPSA) is 85.8 Å². The second-order valence-electron chi connectivity index (χ2n) is 8.11. The molecule has 1 N–H and O–H groups in total. The molecule has 1 aromatic heterocycles. The molecule has 8 heteroatoms. The zero-order valence-corrected chi connectivity index (χ0v) is 18.4. The number of aromatic nitrogens is 2. The Hall–Kier alpha value is -3.52. The number of para-hydroxylation sites is 1. The molecule has 7 nitrogen and oxygen atoms in total. The summed E-state index contributed by atoms with van der Waals surface area (Å²) in [7, 11) is 1.58. The zero-order valence-electron chi connectivity index (χ0n) is 18.4. The van der Waals surface area contributed by atoms with Crippen LogP contribution in [-0.2, 0) is 26.4 Å². The van der Waals surface area contributed by atoms with E-state index in [-0.39, 0.29) is 36.3 Å². The Labute approximate surface area is 190 Å². The van der Waals surface area contributed by atoms with Crippen molar-refractivity contribution >= 4 is 11.7 Å². The Balaban J connectivity index is 1.78. The van der Waals surface area contributed by atoms with Gasteiger partial charge in [0.15, 0.2) is 5.90 Å². The van der Waals surface area contributed by atoms with Gasteiger partial charge in [-0.2, -0.15) is 4.99 Å². The summed E-state index contributed by atoms with van der Waals surface area (Å²) in [5.74, 6) is 0.818. The average molecular weight is 451 g/mol. The van der Waals surface area contributed by atoms with Crippen LogP contribution in [-0.4, -0.2) is 26.7 Å². The van der Waals surface area contributed by atoms with Crippen molar-refractivity contribution in [2.24, 2.45) is 18.0 Å². The molecule has 3 aromatic rings. The van der Waals surface area contributed by atoms with Crippen LogP contribution in [0, 0.1) is 11.7 Å². The molecule has 0 radical (unpaired) electrons. The van der Waals surface area contributed by atoms with E-state index in [1.807, 2.05) is 30.3 Å². The van der Waals surface area contributed by atoms with Crippen molar-refractivity contribution in [2.75, 3.05) is 6.61 Å². The van der Waals surface area contributed by atoms with Gasteiger partial charge in [0.25, 0.3) is 5.56 Å². The van der Waals surface area contributed by atoms with Gasteiger partial charge >= 0.3 is 5.69 Å². The first-order valence-electron chi connectivity index (χ1n) is 11.0. The molecule has 172 valence electrons. The lowest BCUT2D eigenvalue weighted by Crippen LogP contribution is -2.41. The molecule has 0 fully saturated rings. The van der Waals surface area contributed by atoms with E-state index in [2.05, 4.69) is 0 Å². The van der Waals surface area contributed by atoms with Gasteiger partial charge in [0.1, 0.15) is 17.4 Å². The largest absolute Gasteiger partial charge is 0.443 e. The van der Waals surface area contributed by atoms with Gasteiger partial charge in [-0.25, -0.2) is 9.18 Å². The molecule has 0 saturated carbocycles. The fourth-order valence-electron chi connectivity index (χ4n) is 4.05. The molecule has 4 rings (SSSR count). The van der Waals surface area contributed by atoms with Crippen LogP contribution in [0.4, 0.5) is 10.2 Å². The van der Waals surface area contributed by atoms with Crippen molar-refractivity contribution in [3.8, 4) is 5.75 Å². The molecule has 1 aliphatic rings. The number of aliphatic hydroxyl groups excluding tert-OH is 1. The number of aliphatic hydroxyl groups is 1. The van der Waals surface area contributed by atoms with Crippen LogP contribution in [0.1, 0.15) is 24.0 Å². The quantitative estimate of drug-likeness (QED) is 0.624. The Bertz CT molecular complexity index is 1260. The predicted molar refractivity (Wildman–Crippen MR) is 124 cm³/mol. The summed E-state index contributed by atoms with van der Waals surface area (Å²) < 4.78 is 22.1. The molecule has 0 aliphatic carbocycles. The lowest BCUT2D eigenvalue weighted by Gasteiger charge is -2.18. The van der Waals surface area contributed by atoms with Crippen LogP contribution in [0.3, 0.4) is 0 Å². The van der Waals surface area contributed by atoms with Crippen LogP contribution in [0.15, 0.2) is 69.2 Å². The molecule has 0 spiro atoms. The Morgan fingerprint density at radius 1 is 1.12 bits per heavy atom. The Morgan fingerprint density at radius 2 is 1.85 bits per heavy atom. The maximum absolute atomic E-state index is 13.4. The summed E-state index contributed by atoms with van der Waals surface area (Å²) in [6.07, 6.45) is 1.85. The van der Waals surface area contributed by atoms with Crippen molar-refractivity contribution in [1.29, 1.82) is 0 Å². The first-order valence-corrected chi connectivity index (χ1v) is 11.0. The van der Waals surface area contributed by atoms with Gasteiger partial charge in [-0.3, -0.25) is 13.9 Å². The third-order valence-corrected chi connectivity index (χ3v) is 5.82. The highest BCUT2D eigenvalue weighted by Gasteiger charge is 2.27. The van der Waals surface area contributed by atoms with Crippen LogP contribution in [0.2, 0.25) is 0 Å². The Kier molecular flexibility index (Phi) is 6.84. The van der Waals surface area contributed by atoms with E-state index in [0.29, 0.717) is 42.9 Å². The lowest BCUT2D eigenvalue weighted by molar-refractivity contribution is 0.277. The highest BCUT2D eigenvalue weighted by Crippen LogP contribution is 2.28. The number of aliphatic imine (C=N–C) groups is 1. The first-order chi connectivity index (χ1) is 16.0. The van der Waals surface area contributed by atoms with Gasteiger partial charge in [0, 0.05) is 26.1 Å². The number of rotatable bonds is 6. The minimum atomic E-state index is -0.480. The predicted octanol–water partition coefficient (Wildman–Crippen LogP) is 2.98. The summed E-state index contributed by atoms with van der Waals surface area (Å²) in [5, 5.41) is 9.14. The fourth-order valence-corrected chi connectivity index (χ4v) is 4.05. The highest BCUT2D eigenvalue weighted by molar-refractivity contribution is 5.84. The third kappa shape index (κ3) is 4.96. The van der Waals surface area contributed by atoms with Crippen molar-refractivity contribution in [3.63, 3.8) is 0 Å². The van der Waals surface area contributed by atoms with Gasteiger partial charge in [0.2, 0.25) is 0 Å². The zero-order chi connectivity index (χ0) is 23.4. The minimum Gasteiger partial charge on any atom is -0.443 e. The van der Waals surface area contributed by atoms with Crippen molar-refractivity contribution < 1.29 is 14.2 Å². The van der Waals surface area contributed by atoms with Crippen LogP contribution in [0.25, 0.3) is 0 Å². The van der Waals surface area contributed by atoms with Gasteiger partial charge in [-0.15, -0.1) is 0 Å². The molecule has 2 heterocycles. The number of ether oxygens (including phenoxy) is 1. The summed E-state index contributed by atoms with van der Waals surface area (Å²) in [6.45, 7) is 0.0328. The van der Waals surface area contributed by atoms with E-state index < -0.39 is 5.69 Å². The van der Waals surface area contributed by atoms with E-state index in [0.717, 1.165) is 10.1 Å². The monoisotopic (exact) mass is 451 g/mol. The molecule has 33 heavy (non-hydrogen) atoms. The van der Waals surface area contributed by atoms with Crippen molar-refractivity contribution in [2.45, 2.75) is 32.2 Å². The number of hydrogen-bond donors (Lipinski definition) is 1. The van der Waals surface area contributed by atoms with Crippen molar-refractivity contribution in [3.05, 3.63) is 92.4 Å². The van der Waals surface area contributed by atoms with Gasteiger partial charge < -0.3 is 9.84 Å². The number of fused-ring (bicyclic) bond motifs is 1. The number of halogens is 1. The lowest BCUT2D eigenvalue weighted by atomic mass is 9.93. The molecule has 1 aliphatic heterocycles. The van der Waals surface area contributed by atoms with E-state index in [9.17, 15) is 14.0 Å². The standard InChI is InChI=1S/C25H26FN3O4/c1-28-22-21(24(31)29(25(28)32)14-5-15-30)13-10-18(16-17-8-11-19(26)12-9-17)23(27-22)33-20-6-3-2-4-7-20/h2-4,6-9,11-12,18,30H,5,10,13-16H2,1H3.